The fraction of sp³-hybridized carbons (Fsp3) is 0.500. The maximum absolute atomic E-state index is 12.6. The molecule has 8 nitrogen and oxygen atoms in total. The van der Waals surface area contributed by atoms with Crippen molar-refractivity contribution in [2.45, 2.75) is 37.6 Å². The topological polar surface area (TPSA) is 102 Å². The van der Waals surface area contributed by atoms with E-state index >= 15 is 0 Å². The first-order valence-corrected chi connectivity index (χ1v) is 8.03. The first-order chi connectivity index (χ1) is 11.5. The van der Waals surface area contributed by atoms with Crippen molar-refractivity contribution in [3.8, 4) is 5.75 Å². The van der Waals surface area contributed by atoms with E-state index in [2.05, 4.69) is 5.32 Å². The largest absolute Gasteiger partial charge is 0.491 e. The molecule has 1 saturated heterocycles. The molecule has 0 bridgehead atoms. The van der Waals surface area contributed by atoms with Crippen LogP contribution in [0.5, 0.6) is 5.75 Å². The number of hydrogen-bond acceptors (Lipinski definition) is 5. The molecule has 2 fully saturated rings. The molecule has 1 heterocycles. The van der Waals surface area contributed by atoms with Crippen LogP contribution >= 0.6 is 0 Å². The third kappa shape index (κ3) is 3.04. The van der Waals surface area contributed by atoms with E-state index in [1.54, 1.807) is 6.07 Å². The quantitative estimate of drug-likeness (QED) is 0.506. The van der Waals surface area contributed by atoms with E-state index < -0.39 is 10.5 Å². The molecule has 1 saturated carbocycles. The Kier molecular flexibility index (Phi) is 4.37. The van der Waals surface area contributed by atoms with Crippen molar-refractivity contribution in [3.05, 3.63) is 34.4 Å². The number of ether oxygens (including phenoxy) is 1. The molecular weight excluding hydrogens is 314 g/mol. The van der Waals surface area contributed by atoms with Gasteiger partial charge in [-0.2, -0.15) is 0 Å². The van der Waals surface area contributed by atoms with E-state index in [1.165, 1.54) is 23.1 Å². The first-order valence-electron chi connectivity index (χ1n) is 8.03. The number of nitrogens with zero attached hydrogens (tertiary/aromatic N) is 2. The lowest BCUT2D eigenvalue weighted by molar-refractivity contribution is -0.384. The van der Waals surface area contributed by atoms with E-state index in [-0.39, 0.29) is 30.8 Å². The fourth-order valence-electron chi connectivity index (χ4n) is 3.32. The van der Waals surface area contributed by atoms with E-state index in [1.807, 2.05) is 0 Å². The van der Waals surface area contributed by atoms with Gasteiger partial charge in [0, 0.05) is 6.07 Å². The smallest absolute Gasteiger partial charge is 0.325 e. The van der Waals surface area contributed by atoms with Gasteiger partial charge in [0.1, 0.15) is 17.9 Å². The third-order valence-electron chi connectivity index (χ3n) is 4.57. The summed E-state index contributed by atoms with van der Waals surface area (Å²) in [6.07, 6.45) is 4.31. The van der Waals surface area contributed by atoms with Crippen molar-refractivity contribution in [3.63, 3.8) is 0 Å². The zero-order valence-corrected chi connectivity index (χ0v) is 13.2. The zero-order chi connectivity index (χ0) is 17.2. The summed E-state index contributed by atoms with van der Waals surface area (Å²) < 4.78 is 5.45. The van der Waals surface area contributed by atoms with Crippen LogP contribution in [-0.4, -0.2) is 40.5 Å². The number of non-ortho nitro benzene ring substituents is 1. The number of carbonyl (C=O) groups excluding carboxylic acids is 2. The minimum atomic E-state index is -0.735. The molecule has 128 valence electrons. The van der Waals surface area contributed by atoms with Crippen LogP contribution in [0.1, 0.15) is 32.1 Å². The van der Waals surface area contributed by atoms with Gasteiger partial charge in [0.25, 0.3) is 11.6 Å². The number of rotatable bonds is 5. The number of urea groups is 1. The van der Waals surface area contributed by atoms with Crippen molar-refractivity contribution in [1.29, 1.82) is 0 Å². The van der Waals surface area contributed by atoms with Gasteiger partial charge in [-0.05, 0) is 18.9 Å². The van der Waals surface area contributed by atoms with Gasteiger partial charge in [-0.25, -0.2) is 4.79 Å². The summed E-state index contributed by atoms with van der Waals surface area (Å²) in [4.78, 5) is 36.1. The van der Waals surface area contributed by atoms with Gasteiger partial charge in [0.15, 0.2) is 0 Å². The van der Waals surface area contributed by atoms with Gasteiger partial charge in [0.05, 0.1) is 17.5 Å². The van der Waals surface area contributed by atoms with E-state index in [9.17, 15) is 19.7 Å². The number of nitrogens with one attached hydrogen (secondary N) is 1. The second-order valence-corrected chi connectivity index (χ2v) is 6.13. The molecule has 1 aliphatic heterocycles. The maximum Gasteiger partial charge on any atom is 0.325 e. The third-order valence-corrected chi connectivity index (χ3v) is 4.57. The van der Waals surface area contributed by atoms with Crippen LogP contribution in [0.3, 0.4) is 0 Å². The number of imide groups is 1. The summed E-state index contributed by atoms with van der Waals surface area (Å²) in [7, 11) is 0. The van der Waals surface area contributed by atoms with Crippen molar-refractivity contribution in [2.24, 2.45) is 0 Å². The molecule has 1 aromatic carbocycles. The summed E-state index contributed by atoms with van der Waals surface area (Å²) >= 11 is 0. The van der Waals surface area contributed by atoms with Crippen molar-refractivity contribution >= 4 is 17.6 Å². The first kappa shape index (κ1) is 16.2. The molecule has 1 spiro atoms. The summed E-state index contributed by atoms with van der Waals surface area (Å²) in [5, 5.41) is 13.6. The number of hydrogen-bond donors (Lipinski definition) is 1. The van der Waals surface area contributed by atoms with Gasteiger partial charge in [-0.3, -0.25) is 19.8 Å². The summed E-state index contributed by atoms with van der Waals surface area (Å²) in [6.45, 7) is 0.214. The minimum Gasteiger partial charge on any atom is -0.491 e. The summed E-state index contributed by atoms with van der Waals surface area (Å²) in [6, 6.07) is 5.43. The lowest BCUT2D eigenvalue weighted by atomic mass is 9.82. The molecule has 24 heavy (non-hydrogen) atoms. The minimum absolute atomic E-state index is 0.0661. The average molecular weight is 333 g/mol. The number of carbonyl (C=O) groups is 2. The lowest BCUT2D eigenvalue weighted by Gasteiger charge is -2.30. The second kappa shape index (κ2) is 6.46. The number of nitro benzene ring substituents is 1. The lowest BCUT2D eigenvalue weighted by Crippen LogP contribution is -2.48. The van der Waals surface area contributed by atoms with Crippen molar-refractivity contribution in [2.75, 3.05) is 13.2 Å². The van der Waals surface area contributed by atoms with E-state index in [4.69, 9.17) is 4.74 Å². The van der Waals surface area contributed by atoms with Crippen LogP contribution in [0.25, 0.3) is 0 Å². The van der Waals surface area contributed by atoms with Crippen LogP contribution in [0, 0.1) is 10.1 Å². The predicted molar refractivity (Wildman–Crippen MR) is 84.7 cm³/mol. The van der Waals surface area contributed by atoms with Crippen molar-refractivity contribution in [1.82, 2.24) is 10.2 Å². The molecule has 0 radical (unpaired) electrons. The number of amides is 3. The standard InChI is InChI=1S/C16H19N3O5/c20-14-16(7-2-1-3-8-16)17-15(21)18(14)9-10-24-13-6-4-5-12(11-13)19(22)23/h4-6,11H,1-3,7-10H2,(H,17,21). The van der Waals surface area contributed by atoms with Crippen LogP contribution in [-0.2, 0) is 4.79 Å². The Morgan fingerprint density at radius 2 is 2.00 bits per heavy atom. The molecule has 0 atom stereocenters. The van der Waals surface area contributed by atoms with Crippen LogP contribution in [0.4, 0.5) is 10.5 Å². The molecule has 2 aliphatic rings. The molecule has 1 aliphatic carbocycles. The van der Waals surface area contributed by atoms with Crippen LogP contribution < -0.4 is 10.1 Å². The van der Waals surface area contributed by atoms with Gasteiger partial charge < -0.3 is 10.1 Å². The fourth-order valence-corrected chi connectivity index (χ4v) is 3.32. The van der Waals surface area contributed by atoms with Crippen LogP contribution in [0.15, 0.2) is 24.3 Å². The highest BCUT2D eigenvalue weighted by Crippen LogP contribution is 2.33. The molecular formula is C16H19N3O5. The van der Waals surface area contributed by atoms with E-state index in [0.29, 0.717) is 18.6 Å². The average Bonchev–Trinajstić information content (AvgIpc) is 2.80. The monoisotopic (exact) mass is 333 g/mol. The van der Waals surface area contributed by atoms with E-state index in [0.717, 1.165) is 19.3 Å². The zero-order valence-electron chi connectivity index (χ0n) is 13.2. The number of benzene rings is 1. The van der Waals surface area contributed by atoms with Crippen molar-refractivity contribution < 1.29 is 19.2 Å². The van der Waals surface area contributed by atoms with Crippen LogP contribution in [0.2, 0.25) is 0 Å². The Hall–Kier alpha value is -2.64. The Morgan fingerprint density at radius 1 is 1.25 bits per heavy atom. The Morgan fingerprint density at radius 3 is 2.71 bits per heavy atom. The van der Waals surface area contributed by atoms with Gasteiger partial charge in [-0.1, -0.05) is 25.3 Å². The maximum atomic E-state index is 12.6. The molecule has 3 amide bonds. The highest BCUT2D eigenvalue weighted by atomic mass is 16.6. The Labute approximate surface area is 138 Å². The summed E-state index contributed by atoms with van der Waals surface area (Å²) in [5.41, 5.74) is -0.801. The molecule has 3 rings (SSSR count). The molecule has 0 aromatic heterocycles. The second-order valence-electron chi connectivity index (χ2n) is 6.13. The van der Waals surface area contributed by atoms with Gasteiger partial charge in [0.2, 0.25) is 0 Å². The SMILES string of the molecule is O=C1NC2(CCCCC2)C(=O)N1CCOc1cccc([N+](=O)[O-])c1. The molecule has 1 N–H and O–H groups in total. The normalized spacial score (nSPS) is 19.4. The summed E-state index contributed by atoms with van der Waals surface area (Å²) in [5.74, 6) is 0.151. The predicted octanol–water partition coefficient (Wildman–Crippen LogP) is 2.23. The molecule has 1 aromatic rings. The molecule has 0 unspecified atom stereocenters. The Bertz CT molecular complexity index is 669. The van der Waals surface area contributed by atoms with Gasteiger partial charge in [-0.15, -0.1) is 0 Å². The van der Waals surface area contributed by atoms with Gasteiger partial charge >= 0.3 is 6.03 Å². The Balaban J connectivity index is 1.59. The highest BCUT2D eigenvalue weighted by Gasteiger charge is 2.50. The highest BCUT2D eigenvalue weighted by molar-refractivity contribution is 6.07. The molecule has 8 heteroatoms. The number of nitro groups is 1.